The molecule has 4 heteroatoms. The average molecular weight is 229 g/mol. The van der Waals surface area contributed by atoms with E-state index in [-0.39, 0.29) is 0 Å². The van der Waals surface area contributed by atoms with Crippen molar-refractivity contribution >= 4 is 22.2 Å². The molecule has 0 fully saturated rings. The molecule has 0 spiro atoms. The summed E-state index contributed by atoms with van der Waals surface area (Å²) >= 11 is 1.64. The molecule has 0 aliphatic rings. The molecule has 1 aromatic carbocycles. The van der Waals surface area contributed by atoms with Crippen molar-refractivity contribution in [2.24, 2.45) is 5.73 Å². The van der Waals surface area contributed by atoms with Crippen LogP contribution in [0.5, 0.6) is 0 Å². The first-order valence-electron chi connectivity index (χ1n) is 5.09. The Morgan fingerprint density at radius 3 is 3.00 bits per heavy atom. The lowest BCUT2D eigenvalue weighted by Crippen LogP contribution is -1.95. The lowest BCUT2D eigenvalue weighted by molar-refractivity contribution is 1.01. The van der Waals surface area contributed by atoms with Crippen LogP contribution in [0.4, 0.5) is 0 Å². The van der Waals surface area contributed by atoms with Crippen molar-refractivity contribution in [1.29, 1.82) is 0 Å². The Hall–Kier alpha value is -1.65. The monoisotopic (exact) mass is 229 g/mol. The van der Waals surface area contributed by atoms with Gasteiger partial charge >= 0.3 is 0 Å². The van der Waals surface area contributed by atoms with E-state index in [0.717, 1.165) is 21.8 Å². The highest BCUT2D eigenvalue weighted by molar-refractivity contribution is 7.13. The molecule has 0 saturated heterocycles. The van der Waals surface area contributed by atoms with Crippen molar-refractivity contribution in [2.75, 3.05) is 0 Å². The number of benzene rings is 1. The summed E-state index contributed by atoms with van der Waals surface area (Å²) in [6.45, 7) is 0.499. The summed E-state index contributed by atoms with van der Waals surface area (Å²) in [5.74, 6) is 0. The molecule has 0 aliphatic heterocycles. The lowest BCUT2D eigenvalue weighted by atomic mass is 10.2. The van der Waals surface area contributed by atoms with E-state index < -0.39 is 0 Å². The Labute approximate surface area is 96.9 Å². The van der Waals surface area contributed by atoms with E-state index in [1.54, 1.807) is 11.3 Å². The normalized spacial score (nSPS) is 11.1. The third-order valence-electron chi connectivity index (χ3n) is 2.58. The van der Waals surface area contributed by atoms with Crippen molar-refractivity contribution < 1.29 is 0 Å². The van der Waals surface area contributed by atoms with Crippen LogP contribution in [0.15, 0.2) is 35.8 Å². The number of para-hydroxylation sites is 1. The number of H-pyrrole nitrogens is 1. The van der Waals surface area contributed by atoms with Crippen LogP contribution in [-0.2, 0) is 6.54 Å². The standard InChI is InChI=1S/C12H11N3S/c13-5-8-7-16-12(15-8)10-6-14-11-4-2-1-3-9(10)11/h1-4,6-7,14H,5,13H2. The molecule has 3 aromatic rings. The quantitative estimate of drug-likeness (QED) is 0.710. The van der Waals surface area contributed by atoms with E-state index in [4.69, 9.17) is 5.73 Å². The highest BCUT2D eigenvalue weighted by Crippen LogP contribution is 2.30. The van der Waals surface area contributed by atoms with Crippen LogP contribution in [-0.4, -0.2) is 9.97 Å². The predicted molar refractivity (Wildman–Crippen MR) is 67.3 cm³/mol. The van der Waals surface area contributed by atoms with Gasteiger partial charge in [-0.3, -0.25) is 0 Å². The maximum absolute atomic E-state index is 5.57. The minimum absolute atomic E-state index is 0.499. The van der Waals surface area contributed by atoms with Gasteiger partial charge in [0.25, 0.3) is 0 Å². The number of nitrogens with one attached hydrogen (secondary N) is 1. The van der Waals surface area contributed by atoms with Crippen LogP contribution >= 0.6 is 11.3 Å². The summed E-state index contributed by atoms with van der Waals surface area (Å²) in [6, 6.07) is 8.23. The predicted octanol–water partition coefficient (Wildman–Crippen LogP) is 2.75. The molecule has 0 atom stereocenters. The van der Waals surface area contributed by atoms with Gasteiger partial charge in [0.05, 0.1) is 5.69 Å². The van der Waals surface area contributed by atoms with Gasteiger partial charge in [-0.25, -0.2) is 4.98 Å². The summed E-state index contributed by atoms with van der Waals surface area (Å²) in [6.07, 6.45) is 2.00. The molecule has 2 heterocycles. The number of thiazole rings is 1. The van der Waals surface area contributed by atoms with Gasteiger partial charge in [0.15, 0.2) is 0 Å². The lowest BCUT2D eigenvalue weighted by Gasteiger charge is -1.93. The van der Waals surface area contributed by atoms with Gasteiger partial charge in [-0.15, -0.1) is 11.3 Å². The molecule has 3 nitrogen and oxygen atoms in total. The van der Waals surface area contributed by atoms with E-state index in [9.17, 15) is 0 Å². The summed E-state index contributed by atoms with van der Waals surface area (Å²) in [5, 5.41) is 4.25. The minimum Gasteiger partial charge on any atom is -0.360 e. The third kappa shape index (κ3) is 1.43. The van der Waals surface area contributed by atoms with Crippen molar-refractivity contribution in [3.63, 3.8) is 0 Å². The fraction of sp³-hybridized carbons (Fsp3) is 0.0833. The first-order valence-corrected chi connectivity index (χ1v) is 5.97. The van der Waals surface area contributed by atoms with Gasteiger partial charge < -0.3 is 10.7 Å². The molecule has 0 radical (unpaired) electrons. The summed E-state index contributed by atoms with van der Waals surface area (Å²) in [5.41, 5.74) is 8.81. The smallest absolute Gasteiger partial charge is 0.125 e. The molecule has 0 aliphatic carbocycles. The Kier molecular flexibility index (Phi) is 2.23. The summed E-state index contributed by atoms with van der Waals surface area (Å²) < 4.78 is 0. The molecule has 0 saturated carbocycles. The maximum Gasteiger partial charge on any atom is 0.125 e. The molecule has 80 valence electrons. The van der Waals surface area contributed by atoms with Crippen LogP contribution in [0.1, 0.15) is 5.69 Å². The molecule has 0 unspecified atom stereocenters. The number of hydrogen-bond acceptors (Lipinski definition) is 3. The van der Waals surface area contributed by atoms with Crippen LogP contribution in [0.25, 0.3) is 21.5 Å². The zero-order chi connectivity index (χ0) is 11.0. The van der Waals surface area contributed by atoms with Crippen LogP contribution in [0.2, 0.25) is 0 Å². The largest absolute Gasteiger partial charge is 0.360 e. The fourth-order valence-electron chi connectivity index (χ4n) is 1.77. The molecule has 3 rings (SSSR count). The van der Waals surface area contributed by atoms with Gasteiger partial charge in [0.2, 0.25) is 0 Å². The molecular weight excluding hydrogens is 218 g/mol. The van der Waals surface area contributed by atoms with E-state index in [1.165, 1.54) is 5.39 Å². The third-order valence-corrected chi connectivity index (χ3v) is 3.50. The van der Waals surface area contributed by atoms with Crippen molar-refractivity contribution in [3.05, 3.63) is 41.5 Å². The SMILES string of the molecule is NCc1csc(-c2c[nH]c3ccccc23)n1. The zero-order valence-corrected chi connectivity index (χ0v) is 9.42. The van der Waals surface area contributed by atoms with Crippen molar-refractivity contribution in [2.45, 2.75) is 6.54 Å². The molecule has 0 bridgehead atoms. The van der Waals surface area contributed by atoms with Crippen molar-refractivity contribution in [1.82, 2.24) is 9.97 Å². The van der Waals surface area contributed by atoms with Gasteiger partial charge in [0.1, 0.15) is 5.01 Å². The second-order valence-electron chi connectivity index (χ2n) is 3.60. The fourth-order valence-corrected chi connectivity index (χ4v) is 2.64. The van der Waals surface area contributed by atoms with E-state index in [0.29, 0.717) is 6.54 Å². The van der Waals surface area contributed by atoms with Crippen molar-refractivity contribution in [3.8, 4) is 10.6 Å². The Bertz CT molecular complexity index is 624. The van der Waals surface area contributed by atoms with Gasteiger partial charge in [0, 0.05) is 34.6 Å². The topological polar surface area (TPSA) is 54.7 Å². The molecule has 16 heavy (non-hydrogen) atoms. The van der Waals surface area contributed by atoms with E-state index in [2.05, 4.69) is 22.1 Å². The van der Waals surface area contributed by atoms with Crippen LogP contribution < -0.4 is 5.73 Å². The maximum atomic E-state index is 5.57. The van der Waals surface area contributed by atoms with Gasteiger partial charge in [-0.05, 0) is 6.07 Å². The number of nitrogens with zero attached hydrogens (tertiary/aromatic N) is 1. The number of aromatic amines is 1. The zero-order valence-electron chi connectivity index (χ0n) is 8.60. The molecule has 2 aromatic heterocycles. The second-order valence-corrected chi connectivity index (χ2v) is 4.45. The number of fused-ring (bicyclic) bond motifs is 1. The highest BCUT2D eigenvalue weighted by Gasteiger charge is 2.08. The van der Waals surface area contributed by atoms with E-state index in [1.807, 2.05) is 23.7 Å². The first-order chi connectivity index (χ1) is 7.88. The molecule has 0 amide bonds. The summed E-state index contributed by atoms with van der Waals surface area (Å²) in [7, 11) is 0. The average Bonchev–Trinajstić information content (AvgIpc) is 2.94. The molecule has 3 N–H and O–H groups in total. The van der Waals surface area contributed by atoms with E-state index >= 15 is 0 Å². The number of hydrogen-bond donors (Lipinski definition) is 2. The first kappa shape index (κ1) is 9.57. The minimum atomic E-state index is 0.499. The number of nitrogens with two attached hydrogens (primary N) is 1. The Balaban J connectivity index is 2.18. The van der Waals surface area contributed by atoms with Gasteiger partial charge in [-0.1, -0.05) is 18.2 Å². The Morgan fingerprint density at radius 1 is 1.31 bits per heavy atom. The second kappa shape index (κ2) is 3.73. The summed E-state index contributed by atoms with van der Waals surface area (Å²) in [4.78, 5) is 7.74. The molecular formula is C12H11N3S. The Morgan fingerprint density at radius 2 is 2.19 bits per heavy atom. The van der Waals surface area contributed by atoms with Crippen LogP contribution in [0, 0.1) is 0 Å². The van der Waals surface area contributed by atoms with Gasteiger partial charge in [-0.2, -0.15) is 0 Å². The number of aromatic nitrogens is 2. The van der Waals surface area contributed by atoms with Crippen LogP contribution in [0.3, 0.4) is 0 Å². The number of rotatable bonds is 2. The highest BCUT2D eigenvalue weighted by atomic mass is 32.1.